The molecule has 1 atom stereocenters. The van der Waals surface area contributed by atoms with Crippen molar-refractivity contribution in [1.82, 2.24) is 20.3 Å². The fourth-order valence-electron chi connectivity index (χ4n) is 4.02. The number of nitrogens with one attached hydrogen (secondary N) is 2. The second kappa shape index (κ2) is 8.43. The molecule has 5 rings (SSSR count). The van der Waals surface area contributed by atoms with Gasteiger partial charge in [0.2, 0.25) is 5.91 Å². The van der Waals surface area contributed by atoms with Gasteiger partial charge in [0.1, 0.15) is 22.4 Å². The Morgan fingerprint density at radius 1 is 1.06 bits per heavy atom. The fraction of sp³-hybridized carbons (Fsp3) is 0.250. The van der Waals surface area contributed by atoms with Gasteiger partial charge in [-0.15, -0.1) is 11.3 Å². The molecule has 4 heterocycles. The van der Waals surface area contributed by atoms with Gasteiger partial charge in [-0.1, -0.05) is 36.4 Å². The van der Waals surface area contributed by atoms with Gasteiger partial charge in [-0.2, -0.15) is 0 Å². The monoisotopic (exact) mass is 429 g/mol. The Morgan fingerprint density at radius 2 is 1.90 bits per heavy atom. The molecule has 0 spiro atoms. The van der Waals surface area contributed by atoms with Crippen molar-refractivity contribution in [2.75, 3.05) is 11.9 Å². The molecular weight excluding hydrogens is 406 g/mol. The van der Waals surface area contributed by atoms with Crippen LogP contribution in [0, 0.1) is 6.92 Å². The molecule has 4 aromatic rings. The topological polar surface area (TPSA) is 79.8 Å². The lowest BCUT2D eigenvalue weighted by molar-refractivity contribution is -0.121. The molecule has 7 heteroatoms. The van der Waals surface area contributed by atoms with Gasteiger partial charge in [-0.05, 0) is 43.9 Å². The Morgan fingerprint density at radius 3 is 2.71 bits per heavy atom. The lowest BCUT2D eigenvalue weighted by atomic mass is 10.0. The number of aromatic nitrogens is 3. The zero-order valence-electron chi connectivity index (χ0n) is 17.3. The first-order valence-corrected chi connectivity index (χ1v) is 11.3. The summed E-state index contributed by atoms with van der Waals surface area (Å²) in [6.07, 6.45) is 4.50. The van der Waals surface area contributed by atoms with E-state index < -0.39 is 0 Å². The van der Waals surface area contributed by atoms with E-state index in [2.05, 4.69) is 34.7 Å². The largest absolute Gasteiger partial charge is 0.358 e. The number of carbonyl (C=O) groups is 1. The van der Waals surface area contributed by atoms with Crippen molar-refractivity contribution >= 4 is 33.3 Å². The van der Waals surface area contributed by atoms with Crippen molar-refractivity contribution in [2.24, 2.45) is 0 Å². The standard InChI is InChI=1S/C24H23N5OS/c1-15-19(16-9-3-2-4-10-16)20-22(27-18-12-6-8-14-26-23(18)30)28-21(29-24(20)31-15)17-11-5-7-13-25-17/h2-5,7,9-11,13,18H,6,8,12,14H2,1H3,(H,26,30)(H,27,28,29)/t18-/m1/s1. The Bertz CT molecular complexity index is 1220. The van der Waals surface area contributed by atoms with Crippen LogP contribution in [0.4, 0.5) is 5.82 Å². The molecule has 1 fully saturated rings. The van der Waals surface area contributed by atoms with Crippen molar-refractivity contribution in [3.63, 3.8) is 0 Å². The van der Waals surface area contributed by atoms with E-state index in [-0.39, 0.29) is 11.9 Å². The van der Waals surface area contributed by atoms with Crippen LogP contribution in [-0.2, 0) is 4.79 Å². The summed E-state index contributed by atoms with van der Waals surface area (Å²) >= 11 is 1.64. The number of amides is 1. The van der Waals surface area contributed by atoms with Crippen molar-refractivity contribution in [2.45, 2.75) is 32.2 Å². The molecule has 0 unspecified atom stereocenters. The summed E-state index contributed by atoms with van der Waals surface area (Å²) in [5.41, 5.74) is 2.95. The molecule has 31 heavy (non-hydrogen) atoms. The van der Waals surface area contributed by atoms with Crippen molar-refractivity contribution in [1.29, 1.82) is 0 Å². The molecule has 0 saturated carbocycles. The SMILES string of the molecule is Cc1sc2nc(-c3ccccn3)nc(N[C@@H]3CCCCNC3=O)c2c1-c1ccccc1. The molecule has 3 aromatic heterocycles. The quantitative estimate of drug-likeness (QED) is 0.487. The zero-order chi connectivity index (χ0) is 21.2. The smallest absolute Gasteiger partial charge is 0.242 e. The van der Waals surface area contributed by atoms with Crippen molar-refractivity contribution in [3.05, 3.63) is 59.6 Å². The number of hydrogen-bond donors (Lipinski definition) is 2. The van der Waals surface area contributed by atoms with Gasteiger partial charge in [0.25, 0.3) is 0 Å². The van der Waals surface area contributed by atoms with E-state index in [1.54, 1.807) is 17.5 Å². The van der Waals surface area contributed by atoms with Crippen LogP contribution >= 0.6 is 11.3 Å². The van der Waals surface area contributed by atoms with E-state index in [4.69, 9.17) is 9.97 Å². The molecular formula is C24H23N5OS. The first-order chi connectivity index (χ1) is 15.2. The van der Waals surface area contributed by atoms with Gasteiger partial charge in [0.15, 0.2) is 5.82 Å². The number of hydrogen-bond acceptors (Lipinski definition) is 6. The van der Waals surface area contributed by atoms with E-state index in [1.807, 2.05) is 36.4 Å². The molecule has 0 bridgehead atoms. The highest BCUT2D eigenvalue weighted by Gasteiger charge is 2.25. The van der Waals surface area contributed by atoms with Crippen LogP contribution in [-0.4, -0.2) is 33.4 Å². The number of fused-ring (bicyclic) bond motifs is 1. The van der Waals surface area contributed by atoms with E-state index in [0.717, 1.165) is 47.2 Å². The predicted octanol–water partition coefficient (Wildman–Crippen LogP) is 4.81. The molecule has 0 radical (unpaired) electrons. The average Bonchev–Trinajstić information content (AvgIpc) is 3.01. The third-order valence-electron chi connectivity index (χ3n) is 5.53. The lowest BCUT2D eigenvalue weighted by Gasteiger charge is -2.18. The first-order valence-electron chi connectivity index (χ1n) is 10.5. The summed E-state index contributed by atoms with van der Waals surface area (Å²) in [5.74, 6) is 1.28. The minimum atomic E-state index is -0.319. The molecule has 1 aliphatic rings. The second-order valence-electron chi connectivity index (χ2n) is 7.67. The summed E-state index contributed by atoms with van der Waals surface area (Å²) in [4.78, 5) is 28.9. The van der Waals surface area contributed by atoms with Crippen molar-refractivity contribution in [3.8, 4) is 22.6 Å². The molecule has 1 amide bonds. The highest BCUT2D eigenvalue weighted by atomic mass is 32.1. The molecule has 2 N–H and O–H groups in total. The number of pyridine rings is 1. The summed E-state index contributed by atoms with van der Waals surface area (Å²) in [7, 11) is 0. The first kappa shape index (κ1) is 19.6. The highest BCUT2D eigenvalue weighted by Crippen LogP contribution is 2.41. The van der Waals surface area contributed by atoms with Crippen LogP contribution in [0.1, 0.15) is 24.1 Å². The summed E-state index contributed by atoms with van der Waals surface area (Å²) in [6.45, 7) is 2.83. The van der Waals surface area contributed by atoms with Gasteiger partial charge < -0.3 is 10.6 Å². The number of thiophene rings is 1. The summed E-state index contributed by atoms with van der Waals surface area (Å²) < 4.78 is 0. The van der Waals surface area contributed by atoms with E-state index >= 15 is 0 Å². The number of carbonyl (C=O) groups excluding carboxylic acids is 1. The molecule has 1 aromatic carbocycles. The van der Waals surface area contributed by atoms with Crippen LogP contribution < -0.4 is 10.6 Å². The van der Waals surface area contributed by atoms with E-state index in [1.165, 1.54) is 4.88 Å². The maximum absolute atomic E-state index is 12.6. The van der Waals surface area contributed by atoms with Crippen LogP contribution in [0.2, 0.25) is 0 Å². The number of rotatable bonds is 4. The normalized spacial score (nSPS) is 16.7. The molecule has 0 aliphatic carbocycles. The van der Waals surface area contributed by atoms with Crippen LogP contribution in [0.5, 0.6) is 0 Å². The third-order valence-corrected chi connectivity index (χ3v) is 6.53. The predicted molar refractivity (Wildman–Crippen MR) is 125 cm³/mol. The number of aryl methyl sites for hydroxylation is 1. The van der Waals surface area contributed by atoms with Gasteiger partial charge in [-0.25, -0.2) is 9.97 Å². The number of anilines is 1. The van der Waals surface area contributed by atoms with E-state index in [9.17, 15) is 4.79 Å². The molecule has 1 aliphatic heterocycles. The van der Waals surface area contributed by atoms with Crippen LogP contribution in [0.3, 0.4) is 0 Å². The van der Waals surface area contributed by atoms with Gasteiger partial charge in [0, 0.05) is 23.2 Å². The number of benzene rings is 1. The Hall–Kier alpha value is -3.32. The second-order valence-corrected chi connectivity index (χ2v) is 8.88. The molecule has 156 valence electrons. The summed E-state index contributed by atoms with van der Waals surface area (Å²) in [5, 5.41) is 7.43. The fourth-order valence-corrected chi connectivity index (χ4v) is 5.06. The maximum Gasteiger partial charge on any atom is 0.242 e. The van der Waals surface area contributed by atoms with Gasteiger partial charge in [0.05, 0.1) is 5.39 Å². The zero-order valence-corrected chi connectivity index (χ0v) is 18.1. The van der Waals surface area contributed by atoms with Crippen LogP contribution in [0.15, 0.2) is 54.7 Å². The maximum atomic E-state index is 12.6. The third kappa shape index (κ3) is 3.88. The van der Waals surface area contributed by atoms with E-state index in [0.29, 0.717) is 17.3 Å². The minimum absolute atomic E-state index is 0.0249. The minimum Gasteiger partial charge on any atom is -0.358 e. The Kier molecular flexibility index (Phi) is 5.34. The van der Waals surface area contributed by atoms with Crippen molar-refractivity contribution < 1.29 is 4.79 Å². The average molecular weight is 430 g/mol. The van der Waals surface area contributed by atoms with Gasteiger partial charge in [-0.3, -0.25) is 9.78 Å². The molecule has 6 nitrogen and oxygen atoms in total. The number of nitrogens with zero attached hydrogens (tertiary/aromatic N) is 3. The molecule has 1 saturated heterocycles. The Balaban J connectivity index is 1.70. The highest BCUT2D eigenvalue weighted by molar-refractivity contribution is 7.19. The summed E-state index contributed by atoms with van der Waals surface area (Å²) in [6, 6.07) is 15.7. The van der Waals surface area contributed by atoms with Gasteiger partial charge >= 0.3 is 0 Å². The Labute approximate surface area is 184 Å². The van der Waals surface area contributed by atoms with Crippen LogP contribution in [0.25, 0.3) is 32.9 Å². The lowest BCUT2D eigenvalue weighted by Crippen LogP contribution is -2.38.